The predicted molar refractivity (Wildman–Crippen MR) is 80.7 cm³/mol. The summed E-state index contributed by atoms with van der Waals surface area (Å²) in [6.07, 6.45) is 3.76. The smallest absolute Gasteiger partial charge is 0.276 e. The number of hydrogen-bond acceptors (Lipinski definition) is 5. The Morgan fingerprint density at radius 3 is 2.73 bits per heavy atom. The summed E-state index contributed by atoms with van der Waals surface area (Å²) in [5, 5.41) is 14.7. The van der Waals surface area contributed by atoms with Crippen molar-refractivity contribution in [3.8, 4) is 5.82 Å². The second-order valence-corrected chi connectivity index (χ2v) is 4.58. The predicted octanol–water partition coefficient (Wildman–Crippen LogP) is 1.87. The van der Waals surface area contributed by atoms with Crippen molar-refractivity contribution in [3.63, 3.8) is 0 Å². The highest BCUT2D eigenvalue weighted by Crippen LogP contribution is 2.16. The van der Waals surface area contributed by atoms with Crippen LogP contribution in [0.5, 0.6) is 0 Å². The summed E-state index contributed by atoms with van der Waals surface area (Å²) >= 11 is 0. The Morgan fingerprint density at radius 2 is 2.05 bits per heavy atom. The van der Waals surface area contributed by atoms with Crippen molar-refractivity contribution < 1.29 is 4.79 Å². The summed E-state index contributed by atoms with van der Waals surface area (Å²) in [6, 6.07) is 11.0. The highest BCUT2D eigenvalue weighted by Gasteiger charge is 2.11. The minimum Gasteiger partial charge on any atom is -0.320 e. The number of nitrogens with zero attached hydrogens (tertiary/aromatic N) is 5. The minimum atomic E-state index is -0.293. The van der Waals surface area contributed by atoms with Gasteiger partial charge in [-0.05, 0) is 30.2 Å². The van der Waals surface area contributed by atoms with E-state index in [9.17, 15) is 4.79 Å². The third kappa shape index (κ3) is 2.83. The zero-order valence-corrected chi connectivity index (χ0v) is 12.0. The van der Waals surface area contributed by atoms with E-state index in [1.54, 1.807) is 12.1 Å². The number of carbonyl (C=O) groups excluding carboxylic acids is 1. The molecule has 1 aromatic carbocycles. The van der Waals surface area contributed by atoms with Gasteiger partial charge in [-0.15, -0.1) is 10.2 Å². The van der Waals surface area contributed by atoms with Crippen LogP contribution in [0.2, 0.25) is 0 Å². The summed E-state index contributed by atoms with van der Waals surface area (Å²) in [4.78, 5) is 16.1. The van der Waals surface area contributed by atoms with E-state index >= 15 is 0 Å². The van der Waals surface area contributed by atoms with Crippen LogP contribution in [0, 0.1) is 0 Å². The molecule has 7 nitrogen and oxygen atoms in total. The Kier molecular flexibility index (Phi) is 3.86. The van der Waals surface area contributed by atoms with Crippen molar-refractivity contribution in [3.05, 3.63) is 60.3 Å². The van der Waals surface area contributed by atoms with E-state index in [4.69, 9.17) is 0 Å². The summed E-state index contributed by atoms with van der Waals surface area (Å²) in [7, 11) is 0. The van der Waals surface area contributed by atoms with Crippen molar-refractivity contribution in [1.82, 2.24) is 25.0 Å². The lowest BCUT2D eigenvalue weighted by Gasteiger charge is -2.09. The fourth-order valence-corrected chi connectivity index (χ4v) is 2.03. The molecule has 0 aliphatic rings. The molecule has 1 N–H and O–H groups in total. The lowest BCUT2D eigenvalue weighted by Crippen LogP contribution is -2.16. The first-order valence-corrected chi connectivity index (χ1v) is 6.86. The number of hydrogen-bond donors (Lipinski definition) is 1. The van der Waals surface area contributed by atoms with Gasteiger partial charge in [0.25, 0.3) is 5.91 Å². The minimum absolute atomic E-state index is 0.245. The first-order valence-electron chi connectivity index (χ1n) is 6.86. The summed E-state index contributed by atoms with van der Waals surface area (Å²) in [5.41, 5.74) is 2.11. The van der Waals surface area contributed by atoms with Gasteiger partial charge >= 0.3 is 0 Å². The van der Waals surface area contributed by atoms with Gasteiger partial charge < -0.3 is 5.32 Å². The maximum atomic E-state index is 12.2. The number of aryl methyl sites for hydroxylation is 1. The average Bonchev–Trinajstić information content (AvgIpc) is 3.10. The van der Waals surface area contributed by atoms with Crippen molar-refractivity contribution in [2.24, 2.45) is 0 Å². The number of rotatable bonds is 4. The van der Waals surface area contributed by atoms with E-state index in [0.29, 0.717) is 5.82 Å². The van der Waals surface area contributed by atoms with E-state index in [-0.39, 0.29) is 11.6 Å². The SMILES string of the molecule is CCc1ccccc1NC(=O)c1ccc(-n2cncn2)nn1. The molecule has 0 saturated carbocycles. The van der Waals surface area contributed by atoms with E-state index < -0.39 is 0 Å². The van der Waals surface area contributed by atoms with Gasteiger partial charge in [0.2, 0.25) is 0 Å². The first kappa shape index (κ1) is 13.9. The average molecular weight is 294 g/mol. The standard InChI is InChI=1S/C15H14N6O/c1-2-11-5-3-4-6-12(11)18-15(22)13-7-8-14(20-19-13)21-10-16-9-17-21/h3-10H,2H2,1H3,(H,18,22). The molecule has 2 aromatic heterocycles. The number of anilines is 1. The van der Waals surface area contributed by atoms with Gasteiger partial charge in [-0.25, -0.2) is 9.67 Å². The van der Waals surface area contributed by atoms with E-state index in [0.717, 1.165) is 17.7 Å². The van der Waals surface area contributed by atoms with Gasteiger partial charge in [0.05, 0.1) is 0 Å². The normalized spacial score (nSPS) is 10.4. The monoisotopic (exact) mass is 294 g/mol. The number of nitrogens with one attached hydrogen (secondary N) is 1. The molecule has 110 valence electrons. The van der Waals surface area contributed by atoms with Crippen LogP contribution in [0.25, 0.3) is 5.82 Å². The maximum absolute atomic E-state index is 12.2. The highest BCUT2D eigenvalue weighted by atomic mass is 16.1. The molecular weight excluding hydrogens is 280 g/mol. The van der Waals surface area contributed by atoms with E-state index in [1.165, 1.54) is 17.3 Å². The molecule has 1 amide bonds. The van der Waals surface area contributed by atoms with Crippen LogP contribution in [0.1, 0.15) is 23.0 Å². The molecule has 0 atom stereocenters. The number of para-hydroxylation sites is 1. The first-order chi connectivity index (χ1) is 10.8. The quantitative estimate of drug-likeness (QED) is 0.794. The van der Waals surface area contributed by atoms with E-state index in [1.807, 2.05) is 31.2 Å². The molecule has 0 saturated heterocycles. The Labute approximate surface area is 127 Å². The maximum Gasteiger partial charge on any atom is 0.276 e. The highest BCUT2D eigenvalue weighted by molar-refractivity contribution is 6.03. The fraction of sp³-hybridized carbons (Fsp3) is 0.133. The van der Waals surface area contributed by atoms with Crippen LogP contribution in [0.4, 0.5) is 5.69 Å². The summed E-state index contributed by atoms with van der Waals surface area (Å²) in [6.45, 7) is 2.04. The zero-order valence-electron chi connectivity index (χ0n) is 12.0. The van der Waals surface area contributed by atoms with Crippen molar-refractivity contribution in [2.75, 3.05) is 5.32 Å². The molecule has 7 heteroatoms. The molecule has 0 unspecified atom stereocenters. The topological polar surface area (TPSA) is 85.6 Å². The summed E-state index contributed by atoms with van der Waals surface area (Å²) < 4.78 is 1.47. The van der Waals surface area contributed by atoms with Gasteiger partial charge in [-0.2, -0.15) is 5.10 Å². The van der Waals surface area contributed by atoms with Crippen LogP contribution >= 0.6 is 0 Å². The molecule has 0 bridgehead atoms. The van der Waals surface area contributed by atoms with Crippen LogP contribution in [0.15, 0.2) is 49.1 Å². The molecule has 0 aliphatic heterocycles. The third-order valence-corrected chi connectivity index (χ3v) is 3.18. The molecule has 0 spiro atoms. The van der Waals surface area contributed by atoms with Gasteiger partial charge in [0, 0.05) is 5.69 Å². The van der Waals surface area contributed by atoms with E-state index in [2.05, 4.69) is 25.6 Å². The Balaban J connectivity index is 1.78. The van der Waals surface area contributed by atoms with Gasteiger partial charge in [0.15, 0.2) is 11.5 Å². The number of carbonyl (C=O) groups is 1. The molecule has 2 heterocycles. The molecule has 0 aliphatic carbocycles. The third-order valence-electron chi connectivity index (χ3n) is 3.18. The van der Waals surface area contributed by atoms with Crippen molar-refractivity contribution in [2.45, 2.75) is 13.3 Å². The zero-order chi connectivity index (χ0) is 15.4. The second kappa shape index (κ2) is 6.13. The lowest BCUT2D eigenvalue weighted by atomic mass is 10.1. The van der Waals surface area contributed by atoms with Gasteiger partial charge in [-0.1, -0.05) is 25.1 Å². The van der Waals surface area contributed by atoms with Gasteiger partial charge in [-0.3, -0.25) is 4.79 Å². The fourth-order valence-electron chi connectivity index (χ4n) is 2.03. The molecule has 3 rings (SSSR count). The molecular formula is C15H14N6O. The Hall–Kier alpha value is -3.09. The largest absolute Gasteiger partial charge is 0.320 e. The lowest BCUT2D eigenvalue weighted by molar-refractivity contribution is 0.102. The van der Waals surface area contributed by atoms with Gasteiger partial charge in [0.1, 0.15) is 12.7 Å². The molecule has 22 heavy (non-hydrogen) atoms. The van der Waals surface area contributed by atoms with Crippen LogP contribution in [-0.2, 0) is 6.42 Å². The number of amides is 1. The number of aromatic nitrogens is 5. The molecule has 0 fully saturated rings. The van der Waals surface area contributed by atoms with Crippen LogP contribution in [-0.4, -0.2) is 30.9 Å². The van der Waals surface area contributed by atoms with Crippen molar-refractivity contribution in [1.29, 1.82) is 0 Å². The number of benzene rings is 1. The van der Waals surface area contributed by atoms with Crippen molar-refractivity contribution >= 4 is 11.6 Å². The Bertz CT molecular complexity index is 767. The van der Waals surface area contributed by atoms with Crippen LogP contribution in [0.3, 0.4) is 0 Å². The Morgan fingerprint density at radius 1 is 1.18 bits per heavy atom. The molecule has 3 aromatic rings. The van der Waals surface area contributed by atoms with Crippen LogP contribution < -0.4 is 5.32 Å². The summed E-state index contributed by atoms with van der Waals surface area (Å²) in [5.74, 6) is 0.210. The second-order valence-electron chi connectivity index (χ2n) is 4.58. The molecule has 0 radical (unpaired) electrons.